The van der Waals surface area contributed by atoms with Gasteiger partial charge in [-0.2, -0.15) is 0 Å². The standard InChI is InChI=1S/C15H11I4NO4.C9H11NO2/c16-8-4-7(5-9(17)13(8)21)24-14-10(18)1-6(2-11(14)19)3-12(20)15(22)23;10-8(9(11)12)6-7-4-2-1-3-5-7/h1-2,4-5,12,21H,3,20H2,(H,22,23);1-5,8H,6,10H2,(H,11,12)/t12-;8-/m00/s1. The Morgan fingerprint density at radius 3 is 1.64 bits per heavy atom. The Kier molecular flexibility index (Phi) is 12.9. The number of phenolic OH excluding ortho intramolecular Hbond substituents is 1. The highest BCUT2D eigenvalue weighted by Crippen LogP contribution is 2.36. The lowest BCUT2D eigenvalue weighted by Gasteiger charge is -2.14. The first kappa shape index (κ1) is 31.3. The summed E-state index contributed by atoms with van der Waals surface area (Å²) in [5, 5.41) is 27.3. The van der Waals surface area contributed by atoms with Gasteiger partial charge in [-0.15, -0.1) is 0 Å². The van der Waals surface area contributed by atoms with Gasteiger partial charge < -0.3 is 31.5 Å². The number of benzene rings is 3. The third kappa shape index (κ3) is 9.73. The number of hydrogen-bond donors (Lipinski definition) is 5. The minimum atomic E-state index is -1.02. The third-order valence-electron chi connectivity index (χ3n) is 4.66. The molecule has 0 aliphatic carbocycles. The zero-order valence-electron chi connectivity index (χ0n) is 18.5. The maximum atomic E-state index is 10.9. The molecule has 0 fully saturated rings. The first-order chi connectivity index (χ1) is 16.9. The van der Waals surface area contributed by atoms with Crippen LogP contribution in [-0.2, 0) is 22.4 Å². The van der Waals surface area contributed by atoms with Crippen LogP contribution in [0.15, 0.2) is 54.6 Å². The largest absolute Gasteiger partial charge is 0.506 e. The fourth-order valence-electron chi connectivity index (χ4n) is 2.84. The molecule has 0 bridgehead atoms. The minimum absolute atomic E-state index is 0.242. The molecule has 192 valence electrons. The second kappa shape index (κ2) is 14.8. The SMILES string of the molecule is N[C@@H](Cc1cc(I)c(Oc2cc(I)c(O)c(I)c2)c(I)c1)C(=O)O.N[C@@H](Cc1ccccc1)C(=O)O. The summed E-state index contributed by atoms with van der Waals surface area (Å²) in [5.41, 5.74) is 12.7. The Balaban J connectivity index is 0.000000319. The minimum Gasteiger partial charge on any atom is -0.506 e. The molecule has 12 heteroatoms. The number of phenols is 1. The summed E-state index contributed by atoms with van der Waals surface area (Å²) in [4.78, 5) is 21.3. The third-order valence-corrected chi connectivity index (χ3v) is 7.90. The summed E-state index contributed by atoms with van der Waals surface area (Å²) >= 11 is 8.42. The molecule has 0 unspecified atom stereocenters. The van der Waals surface area contributed by atoms with Crippen LogP contribution in [0.1, 0.15) is 11.1 Å². The highest BCUT2D eigenvalue weighted by molar-refractivity contribution is 14.1. The van der Waals surface area contributed by atoms with Crippen molar-refractivity contribution in [2.75, 3.05) is 0 Å². The zero-order chi connectivity index (χ0) is 27.0. The molecule has 8 nitrogen and oxygen atoms in total. The molecule has 3 aromatic carbocycles. The number of halogens is 4. The summed E-state index contributed by atoms with van der Waals surface area (Å²) in [6.45, 7) is 0. The average molecular weight is 942 g/mol. The van der Waals surface area contributed by atoms with Crippen molar-refractivity contribution in [3.8, 4) is 17.2 Å². The zero-order valence-corrected chi connectivity index (χ0v) is 27.1. The molecule has 0 aliphatic rings. The molecule has 0 saturated carbocycles. The molecule has 36 heavy (non-hydrogen) atoms. The molecule has 0 saturated heterocycles. The van der Waals surface area contributed by atoms with Crippen molar-refractivity contribution < 1.29 is 29.6 Å². The van der Waals surface area contributed by atoms with E-state index in [4.69, 9.17) is 26.4 Å². The van der Waals surface area contributed by atoms with Gasteiger partial charge >= 0.3 is 11.9 Å². The predicted molar refractivity (Wildman–Crippen MR) is 171 cm³/mol. The smallest absolute Gasteiger partial charge is 0.320 e. The Labute approximate surface area is 262 Å². The first-order valence-corrected chi connectivity index (χ1v) is 14.5. The number of rotatable bonds is 8. The number of carbonyl (C=O) groups is 2. The fraction of sp³-hybridized carbons (Fsp3) is 0.167. The van der Waals surface area contributed by atoms with Crippen molar-refractivity contribution in [1.82, 2.24) is 0 Å². The predicted octanol–water partition coefficient (Wildman–Crippen LogP) is 5.20. The van der Waals surface area contributed by atoms with Crippen molar-refractivity contribution in [3.05, 3.63) is 80.0 Å². The molecule has 0 spiro atoms. The number of hydrogen-bond acceptors (Lipinski definition) is 6. The highest BCUT2D eigenvalue weighted by atomic mass is 127. The lowest BCUT2D eigenvalue weighted by atomic mass is 10.1. The van der Waals surface area contributed by atoms with Crippen LogP contribution in [0, 0.1) is 14.3 Å². The van der Waals surface area contributed by atoms with Gasteiger partial charge in [0.05, 0.1) is 14.3 Å². The van der Waals surface area contributed by atoms with Crippen LogP contribution >= 0.6 is 90.4 Å². The van der Waals surface area contributed by atoms with Crippen LogP contribution in [0.4, 0.5) is 0 Å². The Hall–Kier alpha value is -0.960. The molecule has 3 rings (SSSR count). The quantitative estimate of drug-likeness (QED) is 0.193. The normalized spacial score (nSPS) is 12.2. The molecule has 0 amide bonds. The summed E-state index contributed by atoms with van der Waals surface area (Å²) < 4.78 is 9.14. The van der Waals surface area contributed by atoms with Crippen molar-refractivity contribution >= 4 is 102 Å². The summed E-state index contributed by atoms with van der Waals surface area (Å²) in [6, 6.07) is 14.9. The number of carboxylic acids is 2. The van der Waals surface area contributed by atoms with Gasteiger partial charge in [-0.1, -0.05) is 30.3 Å². The van der Waals surface area contributed by atoms with Crippen LogP contribution < -0.4 is 16.2 Å². The molecular weight excluding hydrogens is 920 g/mol. The maximum Gasteiger partial charge on any atom is 0.320 e. The van der Waals surface area contributed by atoms with E-state index in [0.717, 1.165) is 18.3 Å². The van der Waals surface area contributed by atoms with E-state index in [0.29, 0.717) is 25.1 Å². The van der Waals surface area contributed by atoms with E-state index in [-0.39, 0.29) is 12.2 Å². The first-order valence-electron chi connectivity index (χ1n) is 10.2. The Bertz CT molecular complexity index is 1180. The van der Waals surface area contributed by atoms with Gasteiger partial charge in [0, 0.05) is 0 Å². The topological polar surface area (TPSA) is 156 Å². The molecule has 3 aromatic rings. The van der Waals surface area contributed by atoms with Crippen LogP contribution in [0.5, 0.6) is 17.2 Å². The summed E-state index contributed by atoms with van der Waals surface area (Å²) in [6.07, 6.45) is 0.646. The van der Waals surface area contributed by atoms with E-state index in [1.807, 2.05) is 42.5 Å². The van der Waals surface area contributed by atoms with E-state index in [1.54, 1.807) is 12.1 Å². The van der Waals surface area contributed by atoms with Crippen molar-refractivity contribution in [3.63, 3.8) is 0 Å². The molecule has 2 atom stereocenters. The Morgan fingerprint density at radius 2 is 1.19 bits per heavy atom. The molecule has 0 aliphatic heterocycles. The van der Waals surface area contributed by atoms with Gasteiger partial charge in [0.1, 0.15) is 23.6 Å². The maximum absolute atomic E-state index is 10.9. The average Bonchev–Trinajstić information content (AvgIpc) is 2.80. The van der Waals surface area contributed by atoms with Gasteiger partial charge in [0.2, 0.25) is 0 Å². The monoisotopic (exact) mass is 942 g/mol. The molecule has 0 radical (unpaired) electrons. The number of ether oxygens (including phenoxy) is 1. The number of nitrogens with two attached hydrogens (primary N) is 2. The van der Waals surface area contributed by atoms with E-state index in [9.17, 15) is 14.7 Å². The van der Waals surface area contributed by atoms with Gasteiger partial charge in [0.25, 0.3) is 0 Å². The van der Waals surface area contributed by atoms with Crippen LogP contribution in [0.3, 0.4) is 0 Å². The van der Waals surface area contributed by atoms with Gasteiger partial charge in [-0.3, -0.25) is 9.59 Å². The number of carboxylic acid groups (broad SMARTS) is 2. The lowest BCUT2D eigenvalue weighted by molar-refractivity contribution is -0.139. The van der Waals surface area contributed by atoms with Gasteiger partial charge in [-0.05, 0) is 139 Å². The van der Waals surface area contributed by atoms with E-state index in [1.165, 1.54) is 0 Å². The van der Waals surface area contributed by atoms with Gasteiger partial charge in [-0.25, -0.2) is 0 Å². The highest BCUT2D eigenvalue weighted by Gasteiger charge is 2.17. The second-order valence-electron chi connectivity index (χ2n) is 7.51. The summed E-state index contributed by atoms with van der Waals surface area (Å²) in [7, 11) is 0. The summed E-state index contributed by atoms with van der Waals surface area (Å²) in [5.74, 6) is -0.410. The van der Waals surface area contributed by atoms with E-state index >= 15 is 0 Å². The molecular formula is C24H22I4N2O6. The Morgan fingerprint density at radius 1 is 0.750 bits per heavy atom. The van der Waals surface area contributed by atoms with Crippen molar-refractivity contribution in [1.29, 1.82) is 0 Å². The second-order valence-corrected chi connectivity index (χ2v) is 12.2. The van der Waals surface area contributed by atoms with Crippen molar-refractivity contribution in [2.45, 2.75) is 24.9 Å². The number of aromatic hydroxyl groups is 1. The molecule has 0 aromatic heterocycles. The van der Waals surface area contributed by atoms with Crippen LogP contribution in [0.25, 0.3) is 0 Å². The van der Waals surface area contributed by atoms with E-state index in [2.05, 4.69) is 90.4 Å². The van der Waals surface area contributed by atoms with E-state index < -0.39 is 24.0 Å². The fourth-order valence-corrected chi connectivity index (χ4v) is 6.67. The van der Waals surface area contributed by atoms with Gasteiger partial charge in [0.15, 0.2) is 5.75 Å². The molecule has 0 heterocycles. The van der Waals surface area contributed by atoms with Crippen LogP contribution in [-0.4, -0.2) is 39.3 Å². The molecule has 7 N–H and O–H groups in total. The van der Waals surface area contributed by atoms with Crippen molar-refractivity contribution in [2.24, 2.45) is 11.5 Å². The lowest BCUT2D eigenvalue weighted by Crippen LogP contribution is -2.32. The number of aliphatic carboxylic acids is 2. The van der Waals surface area contributed by atoms with Crippen LogP contribution in [0.2, 0.25) is 0 Å².